The first-order valence-electron chi connectivity index (χ1n) is 8.37. The quantitative estimate of drug-likeness (QED) is 0.721. The Labute approximate surface area is 154 Å². The van der Waals surface area contributed by atoms with E-state index in [4.69, 9.17) is 17.3 Å². The number of alkyl halides is 3. The van der Waals surface area contributed by atoms with Crippen LogP contribution in [0.5, 0.6) is 0 Å². The van der Waals surface area contributed by atoms with E-state index in [1.54, 1.807) is 0 Å². The molecule has 0 unspecified atom stereocenters. The molecule has 5 nitrogen and oxygen atoms in total. The molecule has 9 heteroatoms. The van der Waals surface area contributed by atoms with Gasteiger partial charge in [-0.1, -0.05) is 11.6 Å². The van der Waals surface area contributed by atoms with E-state index < -0.39 is 23.2 Å². The van der Waals surface area contributed by atoms with Gasteiger partial charge in [-0.05, 0) is 43.9 Å². The van der Waals surface area contributed by atoms with E-state index in [1.165, 1.54) is 6.07 Å². The topological polar surface area (TPSA) is 84.2 Å². The van der Waals surface area contributed by atoms with Crippen molar-refractivity contribution in [1.29, 1.82) is 0 Å². The van der Waals surface area contributed by atoms with Crippen LogP contribution >= 0.6 is 11.6 Å². The Bertz CT molecular complexity index is 659. The number of benzene rings is 1. The molecule has 4 N–H and O–H groups in total. The highest BCUT2D eigenvalue weighted by molar-refractivity contribution is 6.30. The van der Waals surface area contributed by atoms with E-state index in [0.717, 1.165) is 12.1 Å². The van der Waals surface area contributed by atoms with Crippen LogP contribution in [0.25, 0.3) is 0 Å². The lowest BCUT2D eigenvalue weighted by atomic mass is 9.90. The minimum atomic E-state index is -4.66. The van der Waals surface area contributed by atoms with Crippen LogP contribution in [0.15, 0.2) is 18.2 Å². The summed E-state index contributed by atoms with van der Waals surface area (Å²) in [5.41, 5.74) is 3.83. The molecular formula is C17H21ClF3N3O2. The minimum absolute atomic E-state index is 0.00321. The summed E-state index contributed by atoms with van der Waals surface area (Å²) >= 11 is 5.63. The van der Waals surface area contributed by atoms with Gasteiger partial charge in [-0.3, -0.25) is 9.59 Å². The van der Waals surface area contributed by atoms with Crippen LogP contribution in [0.3, 0.4) is 0 Å². The van der Waals surface area contributed by atoms with Gasteiger partial charge in [-0.2, -0.15) is 13.2 Å². The van der Waals surface area contributed by atoms with Crippen LogP contribution in [0.1, 0.15) is 48.0 Å². The number of rotatable bonds is 5. The summed E-state index contributed by atoms with van der Waals surface area (Å²) in [5.74, 6) is -0.888. The number of nitrogens with one attached hydrogen (secondary N) is 2. The van der Waals surface area contributed by atoms with Gasteiger partial charge in [0.1, 0.15) is 0 Å². The van der Waals surface area contributed by atoms with Crippen molar-refractivity contribution in [1.82, 2.24) is 10.6 Å². The van der Waals surface area contributed by atoms with Crippen LogP contribution in [0, 0.1) is 0 Å². The molecule has 1 aromatic carbocycles. The van der Waals surface area contributed by atoms with Crippen molar-refractivity contribution < 1.29 is 22.8 Å². The molecule has 0 saturated heterocycles. The number of carbonyl (C=O) groups excluding carboxylic acids is 2. The molecule has 0 atom stereocenters. The molecule has 0 spiro atoms. The molecule has 0 bridgehead atoms. The van der Waals surface area contributed by atoms with Crippen molar-refractivity contribution in [3.63, 3.8) is 0 Å². The lowest BCUT2D eigenvalue weighted by Gasteiger charge is -2.30. The van der Waals surface area contributed by atoms with Crippen molar-refractivity contribution in [3.05, 3.63) is 34.3 Å². The molecule has 1 fully saturated rings. The maximum Gasteiger partial charge on any atom is 0.417 e. The highest BCUT2D eigenvalue weighted by Crippen LogP contribution is 2.34. The molecule has 144 valence electrons. The third-order valence-electron chi connectivity index (χ3n) is 4.33. The monoisotopic (exact) mass is 391 g/mol. The Morgan fingerprint density at radius 3 is 2.23 bits per heavy atom. The third kappa shape index (κ3) is 5.60. The molecule has 1 saturated carbocycles. The van der Waals surface area contributed by atoms with E-state index in [2.05, 4.69) is 10.6 Å². The summed E-state index contributed by atoms with van der Waals surface area (Å²) in [4.78, 5) is 23.8. The van der Waals surface area contributed by atoms with Crippen LogP contribution in [-0.4, -0.2) is 30.4 Å². The molecule has 2 rings (SSSR count). The van der Waals surface area contributed by atoms with Crippen LogP contribution in [0.4, 0.5) is 13.2 Å². The smallest absolute Gasteiger partial charge is 0.353 e. The second kappa shape index (κ2) is 8.73. The summed E-state index contributed by atoms with van der Waals surface area (Å²) in [6.45, 7) is 0.278. The van der Waals surface area contributed by atoms with Crippen LogP contribution < -0.4 is 16.4 Å². The Hall–Kier alpha value is -1.80. The fourth-order valence-electron chi connectivity index (χ4n) is 3.03. The number of nitrogens with two attached hydrogens (primary N) is 1. The molecule has 1 aromatic rings. The average Bonchev–Trinajstić information content (AvgIpc) is 2.56. The normalized spacial score (nSPS) is 20.5. The number of carbonyl (C=O) groups is 2. The second-order valence-corrected chi connectivity index (χ2v) is 6.75. The molecular weight excluding hydrogens is 371 g/mol. The van der Waals surface area contributed by atoms with Gasteiger partial charge >= 0.3 is 6.18 Å². The Morgan fingerprint density at radius 2 is 1.69 bits per heavy atom. The van der Waals surface area contributed by atoms with E-state index in [9.17, 15) is 22.8 Å². The summed E-state index contributed by atoms with van der Waals surface area (Å²) in [7, 11) is 0. The highest BCUT2D eigenvalue weighted by atomic mass is 35.5. The zero-order valence-corrected chi connectivity index (χ0v) is 14.8. The first kappa shape index (κ1) is 20.5. The number of amides is 2. The van der Waals surface area contributed by atoms with Crippen molar-refractivity contribution in [2.75, 3.05) is 6.54 Å². The fraction of sp³-hybridized carbons (Fsp3) is 0.529. The van der Waals surface area contributed by atoms with Gasteiger partial charge in [0.25, 0.3) is 5.91 Å². The second-order valence-electron chi connectivity index (χ2n) is 6.32. The van der Waals surface area contributed by atoms with Gasteiger partial charge in [-0.15, -0.1) is 0 Å². The van der Waals surface area contributed by atoms with Gasteiger partial charge in [0.2, 0.25) is 5.91 Å². The first-order valence-corrected chi connectivity index (χ1v) is 8.75. The molecule has 1 aliphatic carbocycles. The summed E-state index contributed by atoms with van der Waals surface area (Å²) < 4.78 is 39.3. The number of halogens is 4. The van der Waals surface area contributed by atoms with Crippen molar-refractivity contribution in [2.24, 2.45) is 5.73 Å². The molecule has 2 amide bonds. The van der Waals surface area contributed by atoms with Crippen molar-refractivity contribution in [2.45, 2.75) is 50.4 Å². The predicted octanol–water partition coefficient (Wildman–Crippen LogP) is 2.86. The van der Waals surface area contributed by atoms with Crippen LogP contribution in [-0.2, 0) is 11.0 Å². The predicted molar refractivity (Wildman–Crippen MR) is 91.8 cm³/mol. The van der Waals surface area contributed by atoms with E-state index in [0.29, 0.717) is 25.7 Å². The number of hydrogen-bond donors (Lipinski definition) is 3. The lowest BCUT2D eigenvalue weighted by Crippen LogP contribution is -2.44. The molecule has 1 aliphatic rings. The summed E-state index contributed by atoms with van der Waals surface area (Å²) in [6.07, 6.45) is -1.96. The molecule has 0 aromatic heterocycles. The third-order valence-corrected chi connectivity index (χ3v) is 4.57. The molecule has 0 radical (unpaired) electrons. The Kier molecular flexibility index (Phi) is 6.88. The Morgan fingerprint density at radius 1 is 1.12 bits per heavy atom. The highest BCUT2D eigenvalue weighted by Gasteiger charge is 2.36. The molecule has 0 aliphatic heterocycles. The maximum absolute atomic E-state index is 13.1. The van der Waals surface area contributed by atoms with Gasteiger partial charge in [0.15, 0.2) is 0 Å². The van der Waals surface area contributed by atoms with Gasteiger partial charge in [0.05, 0.1) is 11.1 Å². The molecule has 26 heavy (non-hydrogen) atoms. The van der Waals surface area contributed by atoms with Gasteiger partial charge in [-0.25, -0.2) is 0 Å². The number of hydrogen-bond acceptors (Lipinski definition) is 3. The van der Waals surface area contributed by atoms with Crippen molar-refractivity contribution in [3.8, 4) is 0 Å². The first-order chi connectivity index (χ1) is 12.2. The maximum atomic E-state index is 13.1. The van der Waals surface area contributed by atoms with E-state index in [1.807, 2.05) is 0 Å². The van der Waals surface area contributed by atoms with E-state index in [-0.39, 0.29) is 36.0 Å². The standard InChI is InChI=1S/C17H21ClF3N3O2/c18-10-1-6-13(14(9-10)17(19,20)21)16(26)24-12-4-2-11(3-5-12)23-15(25)7-8-22/h1,6,9,11-12H,2-5,7-8,22H2,(H,23,25)(H,24,26). The van der Waals surface area contributed by atoms with Crippen molar-refractivity contribution >= 4 is 23.4 Å². The minimum Gasteiger partial charge on any atom is -0.353 e. The zero-order chi connectivity index (χ0) is 19.3. The Balaban J connectivity index is 1.95. The largest absolute Gasteiger partial charge is 0.417 e. The summed E-state index contributed by atoms with van der Waals surface area (Å²) in [6, 6.07) is 2.86. The lowest BCUT2D eigenvalue weighted by molar-refractivity contribution is -0.138. The van der Waals surface area contributed by atoms with Gasteiger partial charge in [0, 0.05) is 30.1 Å². The summed E-state index contributed by atoms with van der Waals surface area (Å²) in [5, 5.41) is 5.44. The zero-order valence-electron chi connectivity index (χ0n) is 14.0. The average molecular weight is 392 g/mol. The fourth-order valence-corrected chi connectivity index (χ4v) is 3.20. The SMILES string of the molecule is NCCC(=O)NC1CCC(NC(=O)c2ccc(Cl)cc2C(F)(F)F)CC1. The van der Waals surface area contributed by atoms with Gasteiger partial charge < -0.3 is 16.4 Å². The van der Waals surface area contributed by atoms with E-state index >= 15 is 0 Å². The molecule has 0 heterocycles. The van der Waals surface area contributed by atoms with Crippen LogP contribution in [0.2, 0.25) is 5.02 Å².